The first-order valence-corrected chi connectivity index (χ1v) is 5.79. The SMILES string of the molecule is CC(C)C(F)(CN)C1NCc2ccccc21. The molecule has 0 amide bonds. The van der Waals surface area contributed by atoms with Crippen molar-refractivity contribution >= 4 is 0 Å². The minimum absolute atomic E-state index is 0.0522. The van der Waals surface area contributed by atoms with Gasteiger partial charge in [0.15, 0.2) is 0 Å². The number of alkyl halides is 1. The first kappa shape index (κ1) is 11.6. The van der Waals surface area contributed by atoms with Gasteiger partial charge in [-0.2, -0.15) is 0 Å². The van der Waals surface area contributed by atoms with Crippen molar-refractivity contribution in [3.05, 3.63) is 35.4 Å². The number of rotatable bonds is 3. The third-order valence-corrected chi connectivity index (χ3v) is 3.62. The third kappa shape index (κ3) is 1.64. The Hall–Kier alpha value is -0.930. The molecule has 0 radical (unpaired) electrons. The lowest BCUT2D eigenvalue weighted by Gasteiger charge is -2.34. The molecule has 0 saturated heterocycles. The molecule has 0 bridgehead atoms. The molecule has 0 saturated carbocycles. The van der Waals surface area contributed by atoms with E-state index in [9.17, 15) is 4.39 Å². The Morgan fingerprint density at radius 2 is 2.19 bits per heavy atom. The molecule has 1 aromatic rings. The molecule has 1 aliphatic heterocycles. The second-order valence-corrected chi connectivity index (χ2v) is 4.80. The standard InChI is InChI=1S/C13H19FN2/c1-9(2)13(14,8-15)12-11-6-4-3-5-10(11)7-16-12/h3-6,9,12,16H,7-8,15H2,1-2H3. The third-order valence-electron chi connectivity index (χ3n) is 3.62. The Morgan fingerprint density at radius 3 is 2.81 bits per heavy atom. The topological polar surface area (TPSA) is 38.0 Å². The fourth-order valence-electron chi connectivity index (χ4n) is 2.41. The van der Waals surface area contributed by atoms with E-state index in [4.69, 9.17) is 5.73 Å². The Kier molecular flexibility index (Phi) is 3.00. The molecule has 2 unspecified atom stereocenters. The number of fused-ring (bicyclic) bond motifs is 1. The zero-order chi connectivity index (χ0) is 11.8. The summed E-state index contributed by atoms with van der Waals surface area (Å²) in [5.74, 6) is -0.0962. The summed E-state index contributed by atoms with van der Waals surface area (Å²) >= 11 is 0. The highest BCUT2D eigenvalue weighted by atomic mass is 19.1. The molecule has 1 aromatic carbocycles. The van der Waals surface area contributed by atoms with Crippen molar-refractivity contribution in [1.29, 1.82) is 0 Å². The zero-order valence-electron chi connectivity index (χ0n) is 9.83. The van der Waals surface area contributed by atoms with Crippen LogP contribution in [0.15, 0.2) is 24.3 Å². The van der Waals surface area contributed by atoms with Crippen LogP contribution >= 0.6 is 0 Å². The number of hydrogen-bond donors (Lipinski definition) is 2. The average molecular weight is 222 g/mol. The molecule has 1 aliphatic rings. The second kappa shape index (κ2) is 4.15. The van der Waals surface area contributed by atoms with Gasteiger partial charge in [0, 0.05) is 13.1 Å². The summed E-state index contributed by atoms with van der Waals surface area (Å²) < 4.78 is 14.8. The lowest BCUT2D eigenvalue weighted by molar-refractivity contribution is 0.0647. The van der Waals surface area contributed by atoms with Crippen molar-refractivity contribution in [1.82, 2.24) is 5.32 Å². The van der Waals surface area contributed by atoms with Crippen molar-refractivity contribution < 1.29 is 4.39 Å². The van der Waals surface area contributed by atoms with Gasteiger partial charge in [-0.25, -0.2) is 4.39 Å². The maximum Gasteiger partial charge on any atom is 0.144 e. The van der Waals surface area contributed by atoms with Gasteiger partial charge in [-0.05, 0) is 17.0 Å². The molecule has 0 aliphatic carbocycles. The zero-order valence-corrected chi connectivity index (χ0v) is 9.83. The molecule has 0 spiro atoms. The van der Waals surface area contributed by atoms with E-state index in [0.717, 1.165) is 12.1 Å². The first-order chi connectivity index (χ1) is 7.59. The van der Waals surface area contributed by atoms with Crippen molar-refractivity contribution in [2.45, 2.75) is 32.1 Å². The highest BCUT2D eigenvalue weighted by Gasteiger charge is 2.44. The fourth-order valence-corrected chi connectivity index (χ4v) is 2.41. The monoisotopic (exact) mass is 222 g/mol. The molecule has 1 heterocycles. The summed E-state index contributed by atoms with van der Waals surface area (Å²) in [6.07, 6.45) is 0. The number of nitrogens with one attached hydrogen (secondary N) is 1. The highest BCUT2D eigenvalue weighted by molar-refractivity contribution is 5.36. The molecule has 0 aromatic heterocycles. The molecule has 0 fully saturated rings. The Labute approximate surface area is 96.0 Å². The fraction of sp³-hybridized carbons (Fsp3) is 0.538. The van der Waals surface area contributed by atoms with Crippen LogP contribution in [0.3, 0.4) is 0 Å². The molecule has 2 atom stereocenters. The lowest BCUT2D eigenvalue weighted by Crippen LogP contribution is -2.47. The molecular formula is C13H19FN2. The van der Waals surface area contributed by atoms with Gasteiger partial charge in [-0.15, -0.1) is 0 Å². The Bertz CT molecular complexity index is 378. The van der Waals surface area contributed by atoms with Gasteiger partial charge in [-0.3, -0.25) is 0 Å². The minimum Gasteiger partial charge on any atom is -0.327 e. The number of benzene rings is 1. The smallest absolute Gasteiger partial charge is 0.144 e. The molecule has 3 N–H and O–H groups in total. The molecule has 3 heteroatoms. The van der Waals surface area contributed by atoms with E-state index in [2.05, 4.69) is 5.32 Å². The normalized spacial score (nSPS) is 23.2. The van der Waals surface area contributed by atoms with Crippen molar-refractivity contribution in [2.75, 3.05) is 6.54 Å². The van der Waals surface area contributed by atoms with E-state index in [-0.39, 0.29) is 18.5 Å². The summed E-state index contributed by atoms with van der Waals surface area (Å²) in [6.45, 7) is 4.56. The predicted octanol–water partition coefficient (Wildman–Crippen LogP) is 2.15. The molecule has 2 rings (SSSR count). The number of halogens is 1. The number of nitrogens with two attached hydrogens (primary N) is 1. The van der Waals surface area contributed by atoms with Crippen LogP contribution in [-0.4, -0.2) is 12.2 Å². The van der Waals surface area contributed by atoms with Gasteiger partial charge in [0.25, 0.3) is 0 Å². The van der Waals surface area contributed by atoms with Crippen LogP contribution in [0.1, 0.15) is 31.0 Å². The molecule has 16 heavy (non-hydrogen) atoms. The van der Waals surface area contributed by atoms with Crippen LogP contribution in [0, 0.1) is 5.92 Å². The maximum atomic E-state index is 14.8. The summed E-state index contributed by atoms with van der Waals surface area (Å²) in [4.78, 5) is 0. The van der Waals surface area contributed by atoms with Gasteiger partial charge < -0.3 is 11.1 Å². The van der Waals surface area contributed by atoms with Crippen molar-refractivity contribution in [3.8, 4) is 0 Å². The van der Waals surface area contributed by atoms with Gasteiger partial charge in [-0.1, -0.05) is 38.1 Å². The maximum absolute atomic E-state index is 14.8. The van der Waals surface area contributed by atoms with Crippen LogP contribution in [0.5, 0.6) is 0 Å². The molecule has 2 nitrogen and oxygen atoms in total. The highest BCUT2D eigenvalue weighted by Crippen LogP contribution is 2.39. The van der Waals surface area contributed by atoms with Crippen LogP contribution in [-0.2, 0) is 6.54 Å². The van der Waals surface area contributed by atoms with Crippen LogP contribution < -0.4 is 11.1 Å². The van der Waals surface area contributed by atoms with E-state index in [1.807, 2.05) is 38.1 Å². The van der Waals surface area contributed by atoms with E-state index in [0.29, 0.717) is 0 Å². The number of hydrogen-bond acceptors (Lipinski definition) is 2. The van der Waals surface area contributed by atoms with Crippen molar-refractivity contribution in [3.63, 3.8) is 0 Å². The van der Waals surface area contributed by atoms with E-state index < -0.39 is 5.67 Å². The Morgan fingerprint density at radius 1 is 1.50 bits per heavy atom. The molecular weight excluding hydrogens is 203 g/mol. The summed E-state index contributed by atoms with van der Waals surface area (Å²) in [5, 5.41) is 3.24. The van der Waals surface area contributed by atoms with Crippen LogP contribution in [0.2, 0.25) is 0 Å². The van der Waals surface area contributed by atoms with Crippen LogP contribution in [0.25, 0.3) is 0 Å². The van der Waals surface area contributed by atoms with E-state index in [1.54, 1.807) is 0 Å². The summed E-state index contributed by atoms with van der Waals surface area (Å²) in [6, 6.07) is 7.71. The van der Waals surface area contributed by atoms with Gasteiger partial charge in [0.1, 0.15) is 5.67 Å². The van der Waals surface area contributed by atoms with Crippen molar-refractivity contribution in [2.24, 2.45) is 11.7 Å². The van der Waals surface area contributed by atoms with Gasteiger partial charge >= 0.3 is 0 Å². The van der Waals surface area contributed by atoms with E-state index in [1.165, 1.54) is 5.56 Å². The Balaban J connectivity index is 2.37. The quantitative estimate of drug-likeness (QED) is 0.822. The van der Waals surface area contributed by atoms with Gasteiger partial charge in [0.05, 0.1) is 6.04 Å². The summed E-state index contributed by atoms with van der Waals surface area (Å²) in [5.41, 5.74) is 6.50. The molecule has 88 valence electrons. The average Bonchev–Trinajstić information content (AvgIpc) is 2.72. The summed E-state index contributed by atoms with van der Waals surface area (Å²) in [7, 11) is 0. The van der Waals surface area contributed by atoms with Gasteiger partial charge in [0.2, 0.25) is 0 Å². The van der Waals surface area contributed by atoms with E-state index >= 15 is 0 Å². The lowest BCUT2D eigenvalue weighted by atomic mass is 9.82. The second-order valence-electron chi connectivity index (χ2n) is 4.80. The predicted molar refractivity (Wildman–Crippen MR) is 63.8 cm³/mol. The first-order valence-electron chi connectivity index (χ1n) is 5.79. The van der Waals surface area contributed by atoms with Crippen LogP contribution in [0.4, 0.5) is 4.39 Å². The largest absolute Gasteiger partial charge is 0.327 e. The minimum atomic E-state index is -1.37.